The molecular formula is C25H44O9. The highest BCUT2D eigenvalue weighted by Gasteiger charge is 2.64. The van der Waals surface area contributed by atoms with Crippen LogP contribution < -0.4 is 0 Å². The summed E-state index contributed by atoms with van der Waals surface area (Å²) < 4.78 is 11.7. The highest BCUT2D eigenvalue weighted by Crippen LogP contribution is 2.63. The number of hydrogen-bond donors (Lipinski definition) is 7. The molecule has 11 atom stereocenters. The molecule has 0 radical (unpaired) electrons. The smallest absolute Gasteiger partial charge is 0.186 e. The number of ether oxygens (including phenoxy) is 2. The molecule has 2 saturated carbocycles. The third-order valence-corrected chi connectivity index (χ3v) is 8.76. The van der Waals surface area contributed by atoms with Crippen molar-refractivity contribution in [2.24, 2.45) is 22.7 Å². The first kappa shape index (κ1) is 28.0. The molecular weight excluding hydrogens is 444 g/mol. The van der Waals surface area contributed by atoms with Crippen molar-refractivity contribution in [2.75, 3.05) is 19.8 Å². The second-order valence-corrected chi connectivity index (χ2v) is 11.7. The summed E-state index contributed by atoms with van der Waals surface area (Å²) in [6.07, 6.45) is -2.49. The molecule has 11 unspecified atom stereocenters. The first-order valence-corrected chi connectivity index (χ1v) is 12.4. The normalized spacial score (nSPS) is 50.1. The third kappa shape index (κ3) is 5.23. The van der Waals surface area contributed by atoms with E-state index in [0.717, 1.165) is 5.57 Å². The fraction of sp³-hybridized carbons (Fsp3) is 0.920. The first-order chi connectivity index (χ1) is 15.8. The summed E-state index contributed by atoms with van der Waals surface area (Å²) in [7, 11) is 0. The number of hydrogen-bond acceptors (Lipinski definition) is 9. The van der Waals surface area contributed by atoms with Crippen LogP contribution in [0.2, 0.25) is 0 Å². The van der Waals surface area contributed by atoms with Gasteiger partial charge in [-0.2, -0.15) is 0 Å². The lowest BCUT2D eigenvalue weighted by molar-refractivity contribution is -0.322. The SMILES string of the molecule is CC(=CCO)CCC1C(C)(O)CC(OC2OCC(O)C(O)C2O)C2C(C)(CO)CC(O)CC12C. The van der Waals surface area contributed by atoms with Gasteiger partial charge in [-0.15, -0.1) is 0 Å². The van der Waals surface area contributed by atoms with Crippen LogP contribution in [-0.2, 0) is 9.47 Å². The zero-order valence-corrected chi connectivity index (χ0v) is 20.8. The van der Waals surface area contributed by atoms with E-state index in [1.165, 1.54) is 0 Å². The third-order valence-electron chi connectivity index (χ3n) is 8.76. The van der Waals surface area contributed by atoms with E-state index in [2.05, 4.69) is 0 Å². The fourth-order valence-corrected chi connectivity index (χ4v) is 7.41. The van der Waals surface area contributed by atoms with Crippen LogP contribution in [0.15, 0.2) is 11.6 Å². The first-order valence-electron chi connectivity index (χ1n) is 12.4. The van der Waals surface area contributed by atoms with E-state index in [9.17, 15) is 35.7 Å². The van der Waals surface area contributed by atoms with E-state index in [0.29, 0.717) is 25.7 Å². The minimum Gasteiger partial charge on any atom is -0.396 e. The highest BCUT2D eigenvalue weighted by atomic mass is 16.7. The Morgan fingerprint density at radius 1 is 1.03 bits per heavy atom. The Bertz CT molecular complexity index is 727. The van der Waals surface area contributed by atoms with Crippen molar-refractivity contribution in [3.05, 3.63) is 11.6 Å². The zero-order chi connectivity index (χ0) is 25.5. The van der Waals surface area contributed by atoms with Crippen molar-refractivity contribution >= 4 is 0 Å². The van der Waals surface area contributed by atoms with Gasteiger partial charge in [0, 0.05) is 13.0 Å². The van der Waals surface area contributed by atoms with Crippen LogP contribution in [0.1, 0.15) is 59.8 Å². The van der Waals surface area contributed by atoms with Crippen LogP contribution in [0.3, 0.4) is 0 Å². The average Bonchev–Trinajstić information content (AvgIpc) is 2.72. The van der Waals surface area contributed by atoms with E-state index in [1.807, 2.05) is 20.8 Å². The summed E-state index contributed by atoms with van der Waals surface area (Å²) in [5.41, 5.74) is -1.48. The van der Waals surface area contributed by atoms with Gasteiger partial charge < -0.3 is 45.2 Å². The Morgan fingerprint density at radius 3 is 2.32 bits per heavy atom. The molecule has 1 heterocycles. The van der Waals surface area contributed by atoms with Crippen molar-refractivity contribution in [1.29, 1.82) is 0 Å². The molecule has 1 saturated heterocycles. The van der Waals surface area contributed by atoms with Gasteiger partial charge in [-0.25, -0.2) is 0 Å². The Kier molecular flexibility index (Phi) is 8.55. The molecule has 3 aliphatic rings. The van der Waals surface area contributed by atoms with Gasteiger partial charge in [0.05, 0.1) is 31.0 Å². The largest absolute Gasteiger partial charge is 0.396 e. The number of aliphatic hydroxyl groups excluding tert-OH is 6. The summed E-state index contributed by atoms with van der Waals surface area (Å²) in [4.78, 5) is 0. The van der Waals surface area contributed by atoms with Gasteiger partial charge in [0.1, 0.15) is 18.3 Å². The fourth-order valence-electron chi connectivity index (χ4n) is 7.41. The van der Waals surface area contributed by atoms with Crippen molar-refractivity contribution < 1.29 is 45.2 Å². The molecule has 0 amide bonds. The van der Waals surface area contributed by atoms with Gasteiger partial charge >= 0.3 is 0 Å². The molecule has 34 heavy (non-hydrogen) atoms. The molecule has 9 heteroatoms. The van der Waals surface area contributed by atoms with Crippen molar-refractivity contribution in [3.8, 4) is 0 Å². The second-order valence-electron chi connectivity index (χ2n) is 11.7. The number of rotatable bonds is 7. The average molecular weight is 489 g/mol. The molecule has 3 fully saturated rings. The van der Waals surface area contributed by atoms with Gasteiger partial charge in [-0.1, -0.05) is 25.5 Å². The lowest BCUT2D eigenvalue weighted by Gasteiger charge is -2.65. The maximum Gasteiger partial charge on any atom is 0.186 e. The summed E-state index contributed by atoms with van der Waals surface area (Å²) in [5, 5.41) is 72.6. The minimum atomic E-state index is -1.46. The van der Waals surface area contributed by atoms with Crippen LogP contribution in [0.5, 0.6) is 0 Å². The van der Waals surface area contributed by atoms with Gasteiger partial charge in [-0.05, 0) is 62.2 Å². The van der Waals surface area contributed by atoms with Crippen molar-refractivity contribution in [2.45, 2.75) is 102 Å². The topological polar surface area (TPSA) is 160 Å². The number of aliphatic hydroxyl groups is 7. The molecule has 7 N–H and O–H groups in total. The highest BCUT2D eigenvalue weighted by molar-refractivity contribution is 5.14. The van der Waals surface area contributed by atoms with E-state index in [4.69, 9.17) is 9.47 Å². The Labute approximate surface area is 202 Å². The van der Waals surface area contributed by atoms with E-state index in [1.54, 1.807) is 13.0 Å². The molecule has 9 nitrogen and oxygen atoms in total. The van der Waals surface area contributed by atoms with Crippen molar-refractivity contribution in [3.63, 3.8) is 0 Å². The standard InChI is InChI=1S/C25H44O9/c1-14(7-8-26)5-6-18-24(3)10-15(28)9-23(2,13-27)21(24)17(11-25(18,4)32)34-22-20(31)19(30)16(29)12-33-22/h7,15-22,26-32H,5-6,8-13H2,1-4H3. The van der Waals surface area contributed by atoms with Crippen LogP contribution in [-0.4, -0.2) is 98.0 Å². The van der Waals surface area contributed by atoms with E-state index < -0.39 is 53.2 Å². The molecule has 0 bridgehead atoms. The monoisotopic (exact) mass is 488 g/mol. The molecule has 0 aromatic heterocycles. The molecule has 0 spiro atoms. The zero-order valence-electron chi connectivity index (χ0n) is 20.8. The summed E-state index contributed by atoms with van der Waals surface area (Å²) in [6, 6.07) is 0. The molecule has 198 valence electrons. The maximum absolute atomic E-state index is 11.7. The lowest BCUT2D eigenvalue weighted by atomic mass is 9.43. The summed E-state index contributed by atoms with van der Waals surface area (Å²) in [5.74, 6) is -0.502. The van der Waals surface area contributed by atoms with Gasteiger partial charge in [-0.3, -0.25) is 0 Å². The van der Waals surface area contributed by atoms with Gasteiger partial charge in [0.25, 0.3) is 0 Å². The van der Waals surface area contributed by atoms with Gasteiger partial charge in [0.15, 0.2) is 6.29 Å². The lowest BCUT2D eigenvalue weighted by Crippen LogP contribution is -2.67. The second kappa shape index (κ2) is 10.4. The molecule has 1 aliphatic heterocycles. The Balaban J connectivity index is 1.97. The predicted octanol–water partition coefficient (Wildman–Crippen LogP) is 0.0761. The minimum absolute atomic E-state index is 0.0474. The molecule has 3 rings (SSSR count). The Morgan fingerprint density at radius 2 is 1.71 bits per heavy atom. The summed E-state index contributed by atoms with van der Waals surface area (Å²) >= 11 is 0. The van der Waals surface area contributed by atoms with Crippen LogP contribution in [0.25, 0.3) is 0 Å². The van der Waals surface area contributed by atoms with E-state index >= 15 is 0 Å². The number of fused-ring (bicyclic) bond motifs is 1. The molecule has 2 aliphatic carbocycles. The Hall–Kier alpha value is -0.620. The predicted molar refractivity (Wildman–Crippen MR) is 123 cm³/mol. The summed E-state index contributed by atoms with van der Waals surface area (Å²) in [6.45, 7) is 7.22. The van der Waals surface area contributed by atoms with Gasteiger partial charge in [0.2, 0.25) is 0 Å². The maximum atomic E-state index is 11.7. The molecule has 0 aromatic rings. The quantitative estimate of drug-likeness (QED) is 0.246. The number of allylic oxidation sites excluding steroid dienone is 1. The molecule has 0 aromatic carbocycles. The van der Waals surface area contributed by atoms with Crippen LogP contribution >= 0.6 is 0 Å². The van der Waals surface area contributed by atoms with E-state index in [-0.39, 0.29) is 38.1 Å². The van der Waals surface area contributed by atoms with Crippen molar-refractivity contribution in [1.82, 2.24) is 0 Å². The van der Waals surface area contributed by atoms with Crippen LogP contribution in [0, 0.1) is 22.7 Å². The van der Waals surface area contributed by atoms with Crippen LogP contribution in [0.4, 0.5) is 0 Å².